The number of nitrogens with one attached hydrogen (secondary N) is 2. The van der Waals surface area contributed by atoms with E-state index in [1.165, 1.54) is 6.07 Å². The molecule has 4 rings (SSSR count). The van der Waals surface area contributed by atoms with Gasteiger partial charge in [0, 0.05) is 30.7 Å². The van der Waals surface area contributed by atoms with E-state index in [4.69, 9.17) is 5.73 Å². The van der Waals surface area contributed by atoms with Gasteiger partial charge >= 0.3 is 0 Å². The minimum Gasteiger partial charge on any atom is -0.370 e. The molecule has 39 heavy (non-hydrogen) atoms. The van der Waals surface area contributed by atoms with Crippen LogP contribution < -0.4 is 20.7 Å². The molecule has 9 heteroatoms. The van der Waals surface area contributed by atoms with Crippen molar-refractivity contribution >= 4 is 33.2 Å². The number of nitrogens with zero attached hydrogens (tertiary/aromatic N) is 1. The van der Waals surface area contributed by atoms with Crippen molar-refractivity contribution in [1.29, 1.82) is 0 Å². The Morgan fingerprint density at radius 3 is 2.10 bits per heavy atom. The van der Waals surface area contributed by atoms with Gasteiger partial charge < -0.3 is 16.0 Å². The van der Waals surface area contributed by atoms with Crippen LogP contribution in [0.2, 0.25) is 0 Å². The quantitative estimate of drug-likeness (QED) is 0.343. The van der Waals surface area contributed by atoms with Crippen molar-refractivity contribution in [3.05, 3.63) is 90.0 Å². The summed E-state index contributed by atoms with van der Waals surface area (Å²) in [5, 5.41) is 2.93. The molecule has 3 aromatic rings. The highest BCUT2D eigenvalue weighted by atomic mass is 32.2. The molecule has 1 heterocycles. The first-order valence-electron chi connectivity index (χ1n) is 13.3. The highest BCUT2D eigenvalue weighted by molar-refractivity contribution is 7.89. The Morgan fingerprint density at radius 1 is 0.949 bits per heavy atom. The van der Waals surface area contributed by atoms with Crippen LogP contribution >= 0.6 is 0 Å². The monoisotopic (exact) mass is 548 g/mol. The van der Waals surface area contributed by atoms with E-state index >= 15 is 0 Å². The minimum atomic E-state index is -3.99. The molecule has 0 spiro atoms. The Morgan fingerprint density at radius 2 is 1.54 bits per heavy atom. The van der Waals surface area contributed by atoms with Gasteiger partial charge in [-0.05, 0) is 55.5 Å². The Kier molecular flexibility index (Phi) is 9.04. The first kappa shape index (κ1) is 28.3. The third-order valence-electron chi connectivity index (χ3n) is 7.31. The standard InChI is InChI=1S/C30H36N4O4S/c1-3-26(23-12-8-5-9-13-23)30(36)32-25-14-15-27(34-18-16-24(17-19-34)29(31)35)28(20-25)39(37,38)33-21(2)22-10-6-4-7-11-22/h4-15,20-21,24,26,33H,3,16-19H2,1-2H3,(H2,31,35)(H,32,36)/t21-,26-/m0/s1. The van der Waals surface area contributed by atoms with Gasteiger partial charge in [0.2, 0.25) is 21.8 Å². The predicted octanol–water partition coefficient (Wildman–Crippen LogP) is 4.56. The van der Waals surface area contributed by atoms with E-state index in [0.717, 1.165) is 11.1 Å². The van der Waals surface area contributed by atoms with Crippen LogP contribution in [0.3, 0.4) is 0 Å². The van der Waals surface area contributed by atoms with Crippen LogP contribution in [-0.2, 0) is 19.6 Å². The molecule has 3 aromatic carbocycles. The topological polar surface area (TPSA) is 122 Å². The van der Waals surface area contributed by atoms with Crippen LogP contribution in [-0.4, -0.2) is 33.3 Å². The smallest absolute Gasteiger partial charge is 0.243 e. The number of primary amides is 1. The molecule has 2 amide bonds. The van der Waals surface area contributed by atoms with E-state index in [0.29, 0.717) is 43.7 Å². The van der Waals surface area contributed by atoms with E-state index in [1.54, 1.807) is 19.1 Å². The second-order valence-electron chi connectivity index (χ2n) is 9.96. The molecule has 1 saturated heterocycles. The summed E-state index contributed by atoms with van der Waals surface area (Å²) in [4.78, 5) is 26.9. The van der Waals surface area contributed by atoms with Crippen molar-refractivity contribution < 1.29 is 18.0 Å². The fraction of sp³-hybridized carbons (Fsp3) is 0.333. The summed E-state index contributed by atoms with van der Waals surface area (Å²) >= 11 is 0. The highest BCUT2D eigenvalue weighted by Crippen LogP contribution is 2.33. The molecule has 0 aromatic heterocycles. The molecule has 8 nitrogen and oxygen atoms in total. The normalized spacial score (nSPS) is 15.9. The number of nitrogens with two attached hydrogens (primary N) is 1. The van der Waals surface area contributed by atoms with E-state index in [1.807, 2.05) is 72.5 Å². The van der Waals surface area contributed by atoms with Crippen LogP contribution in [0.25, 0.3) is 0 Å². The summed E-state index contributed by atoms with van der Waals surface area (Å²) in [5.41, 5.74) is 8.17. The van der Waals surface area contributed by atoms with Gasteiger partial charge in [0.15, 0.2) is 0 Å². The zero-order valence-corrected chi connectivity index (χ0v) is 23.2. The molecule has 4 N–H and O–H groups in total. The molecule has 0 aliphatic carbocycles. The fourth-order valence-electron chi connectivity index (χ4n) is 5.07. The molecule has 0 saturated carbocycles. The Labute approximate surface area is 230 Å². The number of carbonyl (C=O) groups is 2. The van der Waals surface area contributed by atoms with Gasteiger partial charge in [-0.1, -0.05) is 67.6 Å². The number of anilines is 2. The molecule has 2 atom stereocenters. The molecule has 206 valence electrons. The first-order chi connectivity index (χ1) is 18.7. The van der Waals surface area contributed by atoms with E-state index in [9.17, 15) is 18.0 Å². The summed E-state index contributed by atoms with van der Waals surface area (Å²) in [5.74, 6) is -1.12. The average Bonchev–Trinajstić information content (AvgIpc) is 2.94. The third kappa shape index (κ3) is 6.85. The lowest BCUT2D eigenvalue weighted by Gasteiger charge is -2.33. The average molecular weight is 549 g/mol. The molecular formula is C30H36N4O4S. The SMILES string of the molecule is CC[C@H](C(=O)Nc1ccc(N2CCC(C(N)=O)CC2)c(S(=O)(=O)N[C@@H](C)c2ccccc2)c1)c1ccccc1. The molecule has 1 aliphatic heterocycles. The molecule has 0 radical (unpaired) electrons. The van der Waals surface area contributed by atoms with Crippen molar-refractivity contribution in [2.45, 2.75) is 50.0 Å². The van der Waals surface area contributed by atoms with Gasteiger partial charge in [0.25, 0.3) is 0 Å². The third-order valence-corrected chi connectivity index (χ3v) is 8.88. The number of rotatable bonds is 10. The lowest BCUT2D eigenvalue weighted by Crippen LogP contribution is -2.39. The number of benzene rings is 3. The van der Waals surface area contributed by atoms with Crippen LogP contribution in [0, 0.1) is 5.92 Å². The Balaban J connectivity index is 1.65. The van der Waals surface area contributed by atoms with Crippen LogP contribution in [0.1, 0.15) is 56.2 Å². The van der Waals surface area contributed by atoms with Crippen molar-refractivity contribution in [2.24, 2.45) is 11.7 Å². The fourth-order valence-corrected chi connectivity index (χ4v) is 6.55. The van der Waals surface area contributed by atoms with Crippen molar-refractivity contribution in [1.82, 2.24) is 4.72 Å². The zero-order chi connectivity index (χ0) is 28.0. The number of carbonyl (C=O) groups excluding carboxylic acids is 2. The maximum atomic E-state index is 13.8. The number of amides is 2. The Bertz CT molecular complexity index is 1390. The molecule has 1 fully saturated rings. The van der Waals surface area contributed by atoms with Gasteiger partial charge in [-0.3, -0.25) is 9.59 Å². The first-order valence-corrected chi connectivity index (χ1v) is 14.8. The second kappa shape index (κ2) is 12.4. The highest BCUT2D eigenvalue weighted by Gasteiger charge is 2.29. The maximum absolute atomic E-state index is 13.8. The van der Waals surface area contributed by atoms with Crippen LogP contribution in [0.5, 0.6) is 0 Å². The lowest BCUT2D eigenvalue weighted by atomic mass is 9.95. The largest absolute Gasteiger partial charge is 0.370 e. The summed E-state index contributed by atoms with van der Waals surface area (Å²) in [7, 11) is -3.99. The van der Waals surface area contributed by atoms with Crippen LogP contribution in [0.4, 0.5) is 11.4 Å². The van der Waals surface area contributed by atoms with Gasteiger partial charge in [-0.25, -0.2) is 13.1 Å². The van der Waals surface area contributed by atoms with Crippen molar-refractivity contribution in [3.63, 3.8) is 0 Å². The van der Waals surface area contributed by atoms with Gasteiger partial charge in [0.1, 0.15) is 4.90 Å². The van der Waals surface area contributed by atoms with Gasteiger partial charge in [-0.2, -0.15) is 0 Å². The van der Waals surface area contributed by atoms with Crippen molar-refractivity contribution in [3.8, 4) is 0 Å². The van der Waals surface area contributed by atoms with E-state index in [2.05, 4.69) is 10.0 Å². The summed E-state index contributed by atoms with van der Waals surface area (Å²) < 4.78 is 30.3. The lowest BCUT2D eigenvalue weighted by molar-refractivity contribution is -0.122. The van der Waals surface area contributed by atoms with E-state index in [-0.39, 0.29) is 28.5 Å². The van der Waals surface area contributed by atoms with Crippen LogP contribution in [0.15, 0.2) is 83.8 Å². The minimum absolute atomic E-state index is 0.0772. The number of hydrogen-bond acceptors (Lipinski definition) is 5. The van der Waals surface area contributed by atoms with E-state index < -0.39 is 16.1 Å². The van der Waals surface area contributed by atoms with Gasteiger partial charge in [0.05, 0.1) is 11.6 Å². The summed E-state index contributed by atoms with van der Waals surface area (Å²) in [6.07, 6.45) is 1.71. The number of piperidine rings is 1. The molecule has 1 aliphatic rings. The molecule has 0 bridgehead atoms. The maximum Gasteiger partial charge on any atom is 0.243 e. The summed E-state index contributed by atoms with van der Waals surface area (Å²) in [6.45, 7) is 4.74. The molecule has 0 unspecified atom stereocenters. The van der Waals surface area contributed by atoms with Crippen molar-refractivity contribution in [2.75, 3.05) is 23.3 Å². The van der Waals surface area contributed by atoms with Gasteiger partial charge in [-0.15, -0.1) is 0 Å². The zero-order valence-electron chi connectivity index (χ0n) is 22.3. The molecular weight excluding hydrogens is 512 g/mol. The Hall–Kier alpha value is -3.69. The number of sulfonamides is 1. The second-order valence-corrected chi connectivity index (χ2v) is 11.6. The summed E-state index contributed by atoms with van der Waals surface area (Å²) in [6, 6.07) is 23.4. The predicted molar refractivity (Wildman–Crippen MR) is 154 cm³/mol. The number of hydrogen-bond donors (Lipinski definition) is 3.